The van der Waals surface area contributed by atoms with Crippen molar-refractivity contribution >= 4 is 33.4 Å². The molecule has 0 bridgehead atoms. The van der Waals surface area contributed by atoms with Crippen LogP contribution in [-0.4, -0.2) is 34.6 Å². The molecule has 2 heterocycles. The zero-order valence-corrected chi connectivity index (χ0v) is 17.4. The van der Waals surface area contributed by atoms with E-state index in [-0.39, 0.29) is 18.0 Å². The van der Waals surface area contributed by atoms with Gasteiger partial charge in [-0.05, 0) is 17.9 Å². The van der Waals surface area contributed by atoms with Crippen molar-refractivity contribution in [3.05, 3.63) is 52.4 Å². The van der Waals surface area contributed by atoms with Gasteiger partial charge in [-0.1, -0.05) is 44.2 Å². The number of benzene rings is 1. The quantitative estimate of drug-likeness (QED) is 0.602. The summed E-state index contributed by atoms with van der Waals surface area (Å²) in [6, 6.07) is 8.83. The number of aromatic nitrogens is 2. The molecule has 3 aromatic rings. The molecule has 1 atom stereocenters. The van der Waals surface area contributed by atoms with Crippen molar-refractivity contribution in [2.75, 3.05) is 7.11 Å². The van der Waals surface area contributed by atoms with Gasteiger partial charge < -0.3 is 10.1 Å². The summed E-state index contributed by atoms with van der Waals surface area (Å²) in [4.78, 5) is 42.4. The highest BCUT2D eigenvalue weighted by atomic mass is 32.1. The number of fused-ring (bicyclic) bond motifs is 1. The van der Waals surface area contributed by atoms with Crippen LogP contribution < -0.4 is 10.9 Å². The first-order chi connectivity index (χ1) is 13.9. The topological polar surface area (TPSA) is 90.3 Å². The molecule has 7 nitrogen and oxygen atoms in total. The van der Waals surface area contributed by atoms with E-state index < -0.39 is 17.9 Å². The third kappa shape index (κ3) is 4.71. The lowest BCUT2D eigenvalue weighted by Gasteiger charge is -2.18. The minimum atomic E-state index is -0.749. The van der Waals surface area contributed by atoms with Crippen LogP contribution in [0, 0.1) is 5.92 Å². The molecule has 8 heteroatoms. The summed E-state index contributed by atoms with van der Waals surface area (Å²) in [5.74, 6) is -0.752. The van der Waals surface area contributed by atoms with E-state index in [0.717, 1.165) is 11.1 Å². The van der Waals surface area contributed by atoms with E-state index in [4.69, 9.17) is 4.74 Å². The number of hydrogen-bond acceptors (Lipinski definition) is 6. The van der Waals surface area contributed by atoms with Gasteiger partial charge in [0.25, 0.3) is 5.56 Å². The molecule has 0 spiro atoms. The summed E-state index contributed by atoms with van der Waals surface area (Å²) >= 11 is 1.39. The molecule has 3 rings (SSSR count). The average molecular weight is 413 g/mol. The van der Waals surface area contributed by atoms with Crippen LogP contribution >= 0.6 is 11.3 Å². The van der Waals surface area contributed by atoms with Gasteiger partial charge in [0, 0.05) is 10.9 Å². The molecular weight excluding hydrogens is 390 g/mol. The Morgan fingerprint density at radius 1 is 1.24 bits per heavy atom. The second-order valence-corrected chi connectivity index (χ2v) is 8.00. The predicted molar refractivity (Wildman–Crippen MR) is 113 cm³/mol. The number of esters is 1. The van der Waals surface area contributed by atoms with Crippen molar-refractivity contribution in [3.63, 3.8) is 0 Å². The van der Waals surface area contributed by atoms with Gasteiger partial charge in [-0.25, -0.2) is 9.78 Å². The first kappa shape index (κ1) is 20.7. The standard InChI is InChI=1S/C21H23N3O4S/c1-13(2)9-16(21(27)28-3)23-17(25)10-24-12-22-19-18(20(24)26)15(11-29-19)14-7-5-4-6-8-14/h4-8,11-13,16H,9-10H2,1-3H3,(H,23,25)/t16-/m0/s1. The van der Waals surface area contributed by atoms with Crippen LogP contribution in [0.1, 0.15) is 20.3 Å². The predicted octanol–water partition coefficient (Wildman–Crippen LogP) is 2.83. The number of thiophene rings is 1. The molecule has 0 saturated heterocycles. The zero-order valence-electron chi connectivity index (χ0n) is 16.5. The minimum absolute atomic E-state index is 0.194. The van der Waals surface area contributed by atoms with Crippen LogP contribution in [-0.2, 0) is 20.9 Å². The summed E-state index contributed by atoms with van der Waals surface area (Å²) < 4.78 is 6.03. The molecule has 0 aliphatic heterocycles. The van der Waals surface area contributed by atoms with Crippen LogP contribution in [0.4, 0.5) is 0 Å². The third-order valence-electron chi connectivity index (χ3n) is 4.49. The fraction of sp³-hybridized carbons (Fsp3) is 0.333. The lowest BCUT2D eigenvalue weighted by molar-refractivity contribution is -0.145. The van der Waals surface area contributed by atoms with E-state index in [2.05, 4.69) is 10.3 Å². The minimum Gasteiger partial charge on any atom is -0.467 e. The Morgan fingerprint density at radius 3 is 2.62 bits per heavy atom. The van der Waals surface area contributed by atoms with Crippen LogP contribution in [0.15, 0.2) is 46.8 Å². The molecule has 2 aromatic heterocycles. The molecule has 0 aliphatic rings. The van der Waals surface area contributed by atoms with E-state index in [1.54, 1.807) is 0 Å². The first-order valence-corrected chi connectivity index (χ1v) is 10.2. The molecular formula is C21H23N3O4S. The summed E-state index contributed by atoms with van der Waals surface area (Å²) in [5.41, 5.74) is 1.43. The first-order valence-electron chi connectivity index (χ1n) is 9.30. The van der Waals surface area contributed by atoms with Gasteiger partial charge in [-0.2, -0.15) is 0 Å². The second-order valence-electron chi connectivity index (χ2n) is 7.15. The van der Waals surface area contributed by atoms with E-state index in [0.29, 0.717) is 16.6 Å². The molecule has 29 heavy (non-hydrogen) atoms. The number of nitrogens with zero attached hydrogens (tertiary/aromatic N) is 2. The highest BCUT2D eigenvalue weighted by molar-refractivity contribution is 7.17. The van der Waals surface area contributed by atoms with Crippen molar-refractivity contribution in [2.45, 2.75) is 32.9 Å². The second kappa shape index (κ2) is 9.00. The Balaban J connectivity index is 1.87. The molecule has 0 aliphatic carbocycles. The van der Waals surface area contributed by atoms with E-state index in [9.17, 15) is 14.4 Å². The molecule has 152 valence electrons. The molecule has 0 saturated carbocycles. The van der Waals surface area contributed by atoms with E-state index in [1.807, 2.05) is 49.6 Å². The average Bonchev–Trinajstić information content (AvgIpc) is 3.14. The van der Waals surface area contributed by atoms with Gasteiger partial charge in [-0.15, -0.1) is 11.3 Å². The van der Waals surface area contributed by atoms with Crippen molar-refractivity contribution in [2.24, 2.45) is 5.92 Å². The van der Waals surface area contributed by atoms with Gasteiger partial charge in [0.15, 0.2) is 0 Å². The molecule has 1 N–H and O–H groups in total. The lowest BCUT2D eigenvalue weighted by Crippen LogP contribution is -2.44. The highest BCUT2D eigenvalue weighted by Gasteiger charge is 2.23. The SMILES string of the molecule is COC(=O)[C@H](CC(C)C)NC(=O)Cn1cnc2scc(-c3ccccc3)c2c1=O. The van der Waals surface area contributed by atoms with Crippen molar-refractivity contribution in [1.29, 1.82) is 0 Å². The molecule has 0 unspecified atom stereocenters. The molecule has 0 radical (unpaired) electrons. The normalized spacial score (nSPS) is 12.1. The number of ether oxygens (including phenoxy) is 1. The van der Waals surface area contributed by atoms with Crippen LogP contribution in [0.3, 0.4) is 0 Å². The Bertz CT molecular complexity index is 1070. The molecule has 1 amide bonds. The monoisotopic (exact) mass is 413 g/mol. The fourth-order valence-electron chi connectivity index (χ4n) is 3.13. The van der Waals surface area contributed by atoms with Gasteiger partial charge in [0.1, 0.15) is 17.4 Å². The number of nitrogens with one attached hydrogen (secondary N) is 1. The zero-order chi connectivity index (χ0) is 21.0. The molecule has 1 aromatic carbocycles. The number of methoxy groups -OCH3 is 1. The number of hydrogen-bond donors (Lipinski definition) is 1. The van der Waals surface area contributed by atoms with Crippen LogP contribution in [0.5, 0.6) is 0 Å². The Morgan fingerprint density at radius 2 is 1.97 bits per heavy atom. The van der Waals surface area contributed by atoms with Crippen LogP contribution in [0.2, 0.25) is 0 Å². The highest BCUT2D eigenvalue weighted by Crippen LogP contribution is 2.30. The Labute approximate surface area is 172 Å². The third-order valence-corrected chi connectivity index (χ3v) is 5.37. The van der Waals surface area contributed by atoms with Gasteiger partial charge >= 0.3 is 5.97 Å². The van der Waals surface area contributed by atoms with Crippen LogP contribution in [0.25, 0.3) is 21.3 Å². The van der Waals surface area contributed by atoms with Crippen molar-refractivity contribution in [1.82, 2.24) is 14.9 Å². The summed E-state index contributed by atoms with van der Waals surface area (Å²) in [7, 11) is 1.28. The summed E-state index contributed by atoms with van der Waals surface area (Å²) in [6.07, 6.45) is 1.82. The maximum Gasteiger partial charge on any atom is 0.328 e. The number of rotatable bonds is 7. The van der Waals surface area contributed by atoms with Crippen molar-refractivity contribution < 1.29 is 14.3 Å². The Hall–Kier alpha value is -3.00. The van der Waals surface area contributed by atoms with E-state index in [1.165, 1.54) is 29.3 Å². The maximum absolute atomic E-state index is 13.0. The van der Waals surface area contributed by atoms with Gasteiger partial charge in [0.2, 0.25) is 5.91 Å². The Kier molecular flexibility index (Phi) is 6.43. The smallest absolute Gasteiger partial charge is 0.328 e. The van der Waals surface area contributed by atoms with Crippen molar-refractivity contribution in [3.8, 4) is 11.1 Å². The summed E-state index contributed by atoms with van der Waals surface area (Å²) in [5, 5.41) is 5.05. The number of carbonyl (C=O) groups is 2. The number of carbonyl (C=O) groups excluding carboxylic acids is 2. The fourth-order valence-corrected chi connectivity index (χ4v) is 4.04. The van der Waals surface area contributed by atoms with Gasteiger partial charge in [0.05, 0.1) is 18.8 Å². The summed E-state index contributed by atoms with van der Waals surface area (Å²) in [6.45, 7) is 3.68. The lowest BCUT2D eigenvalue weighted by atomic mass is 10.0. The van der Waals surface area contributed by atoms with Gasteiger partial charge in [-0.3, -0.25) is 14.2 Å². The largest absolute Gasteiger partial charge is 0.467 e. The molecule has 0 fully saturated rings. The number of amides is 1. The van der Waals surface area contributed by atoms with E-state index >= 15 is 0 Å². The maximum atomic E-state index is 13.0.